The minimum absolute atomic E-state index is 0.0559. The number of alkyl halides is 1. The van der Waals surface area contributed by atoms with E-state index in [4.69, 9.17) is 17.3 Å². The summed E-state index contributed by atoms with van der Waals surface area (Å²) in [6.07, 6.45) is 0. The average molecular weight is 240 g/mol. The van der Waals surface area contributed by atoms with E-state index in [1.807, 2.05) is 0 Å². The molecule has 0 bridgehead atoms. The monoisotopic (exact) mass is 239 g/mol. The molecule has 0 aliphatic rings. The normalized spacial score (nSPS) is 8.40. The molecule has 88 valence electrons. The highest BCUT2D eigenvalue weighted by Crippen LogP contribution is 1.88. The van der Waals surface area contributed by atoms with Crippen molar-refractivity contribution < 1.29 is 9.59 Å². The van der Waals surface area contributed by atoms with Crippen LogP contribution in [0.2, 0.25) is 0 Å². The summed E-state index contributed by atoms with van der Waals surface area (Å²) in [6, 6.07) is -0.884. The Morgan fingerprint density at radius 2 is 2.00 bits per heavy atom. The van der Waals surface area contributed by atoms with E-state index in [9.17, 15) is 14.5 Å². The van der Waals surface area contributed by atoms with E-state index in [0.717, 1.165) is 0 Å². The van der Waals surface area contributed by atoms with Crippen molar-refractivity contribution in [1.82, 2.24) is 10.3 Å². The molecular formula is C6H14ClN5O3. The van der Waals surface area contributed by atoms with Gasteiger partial charge < -0.3 is 16.8 Å². The summed E-state index contributed by atoms with van der Waals surface area (Å²) in [6.45, 7) is 0.320. The van der Waals surface area contributed by atoms with Gasteiger partial charge in [0.05, 0.1) is 18.4 Å². The number of primary amides is 2. The number of halogens is 1. The van der Waals surface area contributed by atoms with Crippen LogP contribution in [0.1, 0.15) is 0 Å². The molecular weight excluding hydrogens is 226 g/mol. The number of carbonyl (C=O) groups is 2. The highest BCUT2D eigenvalue weighted by atomic mass is 35.5. The van der Waals surface area contributed by atoms with Crippen molar-refractivity contribution in [2.24, 2.45) is 16.8 Å². The van der Waals surface area contributed by atoms with Crippen LogP contribution in [-0.2, 0) is 4.79 Å². The van der Waals surface area contributed by atoms with Gasteiger partial charge in [0.1, 0.15) is 0 Å². The molecule has 3 amide bonds. The van der Waals surface area contributed by atoms with Crippen LogP contribution in [0.4, 0.5) is 4.79 Å². The second-order valence-corrected chi connectivity index (χ2v) is 2.61. The molecule has 0 spiro atoms. The predicted octanol–water partition coefficient (Wildman–Crippen LogP) is -1.02. The van der Waals surface area contributed by atoms with Crippen molar-refractivity contribution in [2.45, 2.75) is 0 Å². The van der Waals surface area contributed by atoms with E-state index in [1.165, 1.54) is 0 Å². The molecule has 0 radical (unpaired) electrons. The Balaban J connectivity index is 0. The first-order valence-corrected chi connectivity index (χ1v) is 4.42. The summed E-state index contributed by atoms with van der Waals surface area (Å²) >= 11 is 5.17. The van der Waals surface area contributed by atoms with E-state index in [1.54, 1.807) is 7.05 Å². The number of hydrogen-bond acceptors (Lipinski definition) is 5. The third kappa shape index (κ3) is 12.6. The molecule has 0 fully saturated rings. The van der Waals surface area contributed by atoms with Crippen molar-refractivity contribution >= 4 is 23.5 Å². The van der Waals surface area contributed by atoms with Crippen molar-refractivity contribution in [3.05, 3.63) is 4.91 Å². The van der Waals surface area contributed by atoms with Crippen LogP contribution < -0.4 is 16.8 Å². The number of urea groups is 1. The van der Waals surface area contributed by atoms with Crippen molar-refractivity contribution in [1.29, 1.82) is 0 Å². The van der Waals surface area contributed by atoms with E-state index in [-0.39, 0.29) is 24.9 Å². The van der Waals surface area contributed by atoms with Gasteiger partial charge in [-0.25, -0.2) is 4.79 Å². The third-order valence-electron chi connectivity index (χ3n) is 1.00. The SMILES string of the molecule is CNCC(N)=O.NC(=O)N(CCCl)N=O. The Kier molecular flexibility index (Phi) is 11.4. The Morgan fingerprint density at radius 1 is 1.47 bits per heavy atom. The van der Waals surface area contributed by atoms with Crippen LogP contribution in [0.5, 0.6) is 0 Å². The van der Waals surface area contributed by atoms with Gasteiger partial charge in [-0.15, -0.1) is 16.5 Å². The number of nitrogens with zero attached hydrogens (tertiary/aromatic N) is 2. The van der Waals surface area contributed by atoms with Gasteiger partial charge in [-0.05, 0) is 7.05 Å². The first-order chi connectivity index (χ1) is 6.99. The smallest absolute Gasteiger partial charge is 0.337 e. The molecule has 0 aliphatic carbocycles. The van der Waals surface area contributed by atoms with Crippen molar-refractivity contribution in [3.63, 3.8) is 0 Å². The number of carbonyl (C=O) groups excluding carboxylic acids is 2. The highest BCUT2D eigenvalue weighted by Gasteiger charge is 2.06. The molecule has 5 N–H and O–H groups in total. The number of likely N-dealkylation sites (N-methyl/N-ethyl adjacent to an activating group) is 1. The third-order valence-corrected chi connectivity index (χ3v) is 1.17. The zero-order chi connectivity index (χ0) is 12.3. The lowest BCUT2D eigenvalue weighted by atomic mass is 10.6. The molecule has 0 unspecified atom stereocenters. The lowest BCUT2D eigenvalue weighted by molar-refractivity contribution is -0.117. The van der Waals surface area contributed by atoms with Crippen LogP contribution in [0, 0.1) is 4.91 Å². The van der Waals surface area contributed by atoms with Crippen LogP contribution in [0.15, 0.2) is 5.29 Å². The molecule has 0 aromatic rings. The zero-order valence-electron chi connectivity index (χ0n) is 8.27. The summed E-state index contributed by atoms with van der Waals surface area (Å²) in [5.74, 6) is -0.174. The maximum Gasteiger partial charge on any atom is 0.337 e. The maximum atomic E-state index is 10.1. The zero-order valence-corrected chi connectivity index (χ0v) is 9.03. The van der Waals surface area contributed by atoms with Gasteiger partial charge in [0.25, 0.3) is 0 Å². The van der Waals surface area contributed by atoms with E-state index in [0.29, 0.717) is 5.01 Å². The van der Waals surface area contributed by atoms with Crippen molar-refractivity contribution in [2.75, 3.05) is 26.0 Å². The van der Waals surface area contributed by atoms with Gasteiger partial charge in [0.2, 0.25) is 5.91 Å². The van der Waals surface area contributed by atoms with E-state index < -0.39 is 6.03 Å². The molecule has 0 saturated carbocycles. The minimum atomic E-state index is -0.884. The van der Waals surface area contributed by atoms with Gasteiger partial charge in [0, 0.05) is 5.88 Å². The maximum absolute atomic E-state index is 10.1. The number of amides is 3. The Hall–Kier alpha value is -1.41. The van der Waals surface area contributed by atoms with Gasteiger partial charge in [0.15, 0.2) is 0 Å². The Labute approximate surface area is 91.9 Å². The van der Waals surface area contributed by atoms with E-state index >= 15 is 0 Å². The summed E-state index contributed by atoms with van der Waals surface area (Å²) < 4.78 is 0. The van der Waals surface area contributed by atoms with Crippen LogP contribution in [0.3, 0.4) is 0 Å². The fraction of sp³-hybridized carbons (Fsp3) is 0.667. The average Bonchev–Trinajstić information content (AvgIpc) is 2.14. The molecule has 0 rings (SSSR count). The molecule has 0 saturated heterocycles. The summed E-state index contributed by atoms with van der Waals surface area (Å²) in [7, 11) is 1.67. The van der Waals surface area contributed by atoms with Gasteiger partial charge in [-0.3, -0.25) is 4.79 Å². The molecule has 8 nitrogen and oxygen atoms in total. The quantitative estimate of drug-likeness (QED) is 0.322. The summed E-state index contributed by atoms with van der Waals surface area (Å²) in [4.78, 5) is 29.5. The summed E-state index contributed by atoms with van der Waals surface area (Å²) in [5.41, 5.74) is 9.37. The molecule has 9 heteroatoms. The molecule has 0 aromatic carbocycles. The Morgan fingerprint density at radius 3 is 2.07 bits per heavy atom. The first kappa shape index (κ1) is 16.0. The number of nitrogens with one attached hydrogen (secondary N) is 1. The van der Waals surface area contributed by atoms with Gasteiger partial charge in [-0.1, -0.05) is 0 Å². The molecule has 0 aromatic heterocycles. The fourth-order valence-corrected chi connectivity index (χ4v) is 0.606. The largest absolute Gasteiger partial charge is 0.369 e. The lowest BCUT2D eigenvalue weighted by Crippen LogP contribution is -2.32. The predicted molar refractivity (Wildman–Crippen MR) is 55.9 cm³/mol. The second-order valence-electron chi connectivity index (χ2n) is 2.23. The van der Waals surface area contributed by atoms with Crippen LogP contribution in [0.25, 0.3) is 0 Å². The van der Waals surface area contributed by atoms with E-state index in [2.05, 4.69) is 16.3 Å². The number of hydrogen-bond donors (Lipinski definition) is 3. The van der Waals surface area contributed by atoms with Crippen LogP contribution >= 0.6 is 11.6 Å². The van der Waals surface area contributed by atoms with Gasteiger partial charge in [-0.2, -0.15) is 5.01 Å². The number of nitroso groups, excluding NO2 is 1. The summed E-state index contributed by atoms with van der Waals surface area (Å²) in [5, 5.41) is 5.44. The fourth-order valence-electron chi connectivity index (χ4n) is 0.446. The number of rotatable bonds is 5. The number of nitrogens with two attached hydrogens (primary N) is 2. The van der Waals surface area contributed by atoms with Gasteiger partial charge >= 0.3 is 6.03 Å². The van der Waals surface area contributed by atoms with Crippen molar-refractivity contribution in [3.8, 4) is 0 Å². The topological polar surface area (TPSA) is 131 Å². The molecule has 0 atom stereocenters. The Bertz CT molecular complexity index is 213. The van der Waals surface area contributed by atoms with Crippen LogP contribution in [-0.4, -0.2) is 43.0 Å². The molecule has 0 heterocycles. The molecule has 0 aliphatic heterocycles. The lowest BCUT2D eigenvalue weighted by Gasteiger charge is -2.05. The standard InChI is InChI=1S/C3H6ClN3O2.C3H8N2O/c4-1-2-7(6-9)3(5)8;1-5-2-3(4)6/h1-2H2,(H2,5,8);5H,2H2,1H3,(H2,4,6). The molecule has 15 heavy (non-hydrogen) atoms. The first-order valence-electron chi connectivity index (χ1n) is 3.88. The highest BCUT2D eigenvalue weighted by molar-refractivity contribution is 6.18. The minimum Gasteiger partial charge on any atom is -0.369 e. The second kappa shape index (κ2) is 10.7.